The summed E-state index contributed by atoms with van der Waals surface area (Å²) < 4.78 is 0. The summed E-state index contributed by atoms with van der Waals surface area (Å²) in [6.07, 6.45) is 5.53. The average Bonchev–Trinajstić information content (AvgIpc) is 2.91. The van der Waals surface area contributed by atoms with Crippen molar-refractivity contribution in [2.24, 2.45) is 0 Å². The Morgan fingerprint density at radius 2 is 1.43 bits per heavy atom. The van der Waals surface area contributed by atoms with Crippen LogP contribution in [0.3, 0.4) is 0 Å². The molecule has 0 heterocycles. The molecule has 5 rings (SSSR count). The van der Waals surface area contributed by atoms with Gasteiger partial charge in [-0.25, -0.2) is 0 Å². The third kappa shape index (κ3) is 5.11. The largest absolute Gasteiger partial charge is 0.371 e. The molecule has 0 N–H and O–H groups in total. The summed E-state index contributed by atoms with van der Waals surface area (Å²) in [6, 6.07) is 39.0. The van der Waals surface area contributed by atoms with Crippen molar-refractivity contribution in [1.82, 2.24) is 0 Å². The first-order valence-electron chi connectivity index (χ1n) is 12.2. The fraction of sp³-hybridized carbons (Fsp3) is 0.152. The van der Waals surface area contributed by atoms with E-state index >= 15 is 0 Å². The maximum atomic E-state index is 6.23. The molecule has 0 spiro atoms. The minimum Gasteiger partial charge on any atom is -0.371 e. The highest BCUT2D eigenvalue weighted by atomic mass is 35.5. The first-order chi connectivity index (χ1) is 17.1. The van der Waals surface area contributed by atoms with Gasteiger partial charge in [0.1, 0.15) is 0 Å². The SMILES string of the molecule is CC(C(C/C=C/c1cccc2ccccc12)c1ccc(Cl)cc1)N(C)c1ccc2ccccc2c1. The molecule has 0 aliphatic heterocycles. The molecule has 2 atom stereocenters. The second-order valence-corrected chi connectivity index (χ2v) is 9.68. The van der Waals surface area contributed by atoms with Crippen molar-refractivity contribution in [1.29, 1.82) is 0 Å². The van der Waals surface area contributed by atoms with Gasteiger partial charge in [-0.3, -0.25) is 0 Å². The van der Waals surface area contributed by atoms with Crippen molar-refractivity contribution < 1.29 is 0 Å². The second kappa shape index (κ2) is 10.4. The van der Waals surface area contributed by atoms with Crippen molar-refractivity contribution in [2.75, 3.05) is 11.9 Å². The Balaban J connectivity index is 1.44. The molecule has 0 fully saturated rings. The molecule has 0 aromatic heterocycles. The third-order valence-corrected chi connectivity index (χ3v) is 7.39. The van der Waals surface area contributed by atoms with Gasteiger partial charge in [0.2, 0.25) is 0 Å². The van der Waals surface area contributed by atoms with Crippen LogP contribution >= 0.6 is 11.6 Å². The van der Waals surface area contributed by atoms with Crippen molar-refractivity contribution >= 4 is 44.9 Å². The predicted molar refractivity (Wildman–Crippen MR) is 154 cm³/mol. The van der Waals surface area contributed by atoms with Crippen LogP contribution in [0.25, 0.3) is 27.6 Å². The summed E-state index contributed by atoms with van der Waals surface area (Å²) in [4.78, 5) is 2.40. The van der Waals surface area contributed by atoms with Crippen molar-refractivity contribution in [3.05, 3.63) is 131 Å². The minimum atomic E-state index is 0.287. The van der Waals surface area contributed by atoms with Gasteiger partial charge in [-0.05, 0) is 70.3 Å². The van der Waals surface area contributed by atoms with Crippen LogP contribution in [-0.2, 0) is 0 Å². The molecule has 5 aromatic carbocycles. The van der Waals surface area contributed by atoms with E-state index < -0.39 is 0 Å². The summed E-state index contributed by atoms with van der Waals surface area (Å²) in [5, 5.41) is 5.87. The average molecular weight is 476 g/mol. The van der Waals surface area contributed by atoms with E-state index in [9.17, 15) is 0 Å². The van der Waals surface area contributed by atoms with Crippen LogP contribution in [0.2, 0.25) is 5.02 Å². The number of likely N-dealkylation sites (N-methyl/N-ethyl adjacent to an activating group) is 1. The van der Waals surface area contributed by atoms with Gasteiger partial charge in [-0.15, -0.1) is 0 Å². The number of hydrogen-bond acceptors (Lipinski definition) is 1. The highest BCUT2D eigenvalue weighted by Crippen LogP contribution is 2.32. The molecule has 0 saturated carbocycles. The monoisotopic (exact) mass is 475 g/mol. The van der Waals surface area contributed by atoms with E-state index in [1.165, 1.54) is 38.4 Å². The molecule has 174 valence electrons. The lowest BCUT2D eigenvalue weighted by Gasteiger charge is -2.34. The van der Waals surface area contributed by atoms with Gasteiger partial charge >= 0.3 is 0 Å². The predicted octanol–water partition coefficient (Wildman–Crippen LogP) is 9.36. The fourth-order valence-electron chi connectivity index (χ4n) is 4.96. The number of allylic oxidation sites excluding steroid dienone is 1. The van der Waals surface area contributed by atoms with Crippen LogP contribution < -0.4 is 4.90 Å². The Kier molecular flexibility index (Phi) is 6.88. The highest BCUT2D eigenvalue weighted by molar-refractivity contribution is 6.30. The smallest absolute Gasteiger partial charge is 0.0406 e. The molecular weight excluding hydrogens is 446 g/mol. The summed E-state index contributed by atoms with van der Waals surface area (Å²) in [5.41, 5.74) is 3.79. The molecule has 0 aliphatic rings. The molecule has 2 heteroatoms. The minimum absolute atomic E-state index is 0.287. The number of rotatable bonds is 7. The van der Waals surface area contributed by atoms with Crippen molar-refractivity contribution in [3.63, 3.8) is 0 Å². The topological polar surface area (TPSA) is 3.24 Å². The number of benzene rings is 5. The van der Waals surface area contributed by atoms with E-state index in [4.69, 9.17) is 11.6 Å². The lowest BCUT2D eigenvalue weighted by molar-refractivity contribution is 0.548. The zero-order valence-corrected chi connectivity index (χ0v) is 21.0. The second-order valence-electron chi connectivity index (χ2n) is 9.25. The maximum absolute atomic E-state index is 6.23. The molecule has 0 aliphatic carbocycles. The summed E-state index contributed by atoms with van der Waals surface area (Å²) in [6.45, 7) is 2.32. The molecule has 0 saturated heterocycles. The maximum Gasteiger partial charge on any atom is 0.0406 e. The van der Waals surface area contributed by atoms with Gasteiger partial charge in [0, 0.05) is 29.7 Å². The molecule has 5 aromatic rings. The zero-order valence-electron chi connectivity index (χ0n) is 20.2. The van der Waals surface area contributed by atoms with Crippen molar-refractivity contribution in [2.45, 2.75) is 25.3 Å². The Bertz CT molecular complexity index is 1460. The molecule has 0 bridgehead atoms. The van der Waals surface area contributed by atoms with Gasteiger partial charge in [0.05, 0.1) is 0 Å². The number of halogens is 1. The van der Waals surface area contributed by atoms with E-state index in [0.717, 1.165) is 11.4 Å². The normalized spacial score (nSPS) is 13.3. The van der Waals surface area contributed by atoms with Crippen LogP contribution in [0.15, 0.2) is 115 Å². The van der Waals surface area contributed by atoms with Gasteiger partial charge in [-0.2, -0.15) is 0 Å². The molecule has 35 heavy (non-hydrogen) atoms. The van der Waals surface area contributed by atoms with Gasteiger partial charge < -0.3 is 4.90 Å². The summed E-state index contributed by atoms with van der Waals surface area (Å²) in [7, 11) is 2.20. The first kappa shape index (κ1) is 23.2. The molecule has 1 nitrogen and oxygen atoms in total. The number of nitrogens with zero attached hydrogens (tertiary/aromatic N) is 1. The third-order valence-electron chi connectivity index (χ3n) is 7.14. The van der Waals surface area contributed by atoms with E-state index in [1.807, 2.05) is 12.1 Å². The van der Waals surface area contributed by atoms with E-state index in [1.54, 1.807) is 0 Å². The Labute approximate surface area is 213 Å². The van der Waals surface area contributed by atoms with Crippen LogP contribution in [0.5, 0.6) is 0 Å². The standard InChI is InChI=1S/C33H30ClN/c1-24(35(2)31-22-19-25-9-3-4-11-29(25)23-31)32(28-17-20-30(34)21-18-28)16-8-14-27-13-7-12-26-10-5-6-15-33(26)27/h3-15,17-24,32H,16H2,1-2H3/b14-8+. The van der Waals surface area contributed by atoms with E-state index in [0.29, 0.717) is 5.92 Å². The molecular formula is C33H30ClN. The lowest BCUT2D eigenvalue weighted by Crippen LogP contribution is -2.34. The molecule has 2 unspecified atom stereocenters. The summed E-state index contributed by atoms with van der Waals surface area (Å²) >= 11 is 6.23. The quantitative estimate of drug-likeness (QED) is 0.226. The van der Waals surface area contributed by atoms with Crippen LogP contribution in [-0.4, -0.2) is 13.1 Å². The molecule has 0 amide bonds. The van der Waals surface area contributed by atoms with E-state index in [-0.39, 0.29) is 6.04 Å². The Morgan fingerprint density at radius 1 is 0.743 bits per heavy atom. The fourth-order valence-corrected chi connectivity index (χ4v) is 5.09. The van der Waals surface area contributed by atoms with Gasteiger partial charge in [0.25, 0.3) is 0 Å². The molecule has 0 radical (unpaired) electrons. The summed E-state index contributed by atoms with van der Waals surface area (Å²) in [5.74, 6) is 0.315. The number of anilines is 1. The van der Waals surface area contributed by atoms with Crippen molar-refractivity contribution in [3.8, 4) is 0 Å². The van der Waals surface area contributed by atoms with Gasteiger partial charge in [-0.1, -0.05) is 109 Å². The Morgan fingerprint density at radius 3 is 2.23 bits per heavy atom. The number of hydrogen-bond donors (Lipinski definition) is 0. The van der Waals surface area contributed by atoms with Crippen LogP contribution in [0.4, 0.5) is 5.69 Å². The van der Waals surface area contributed by atoms with Gasteiger partial charge in [0.15, 0.2) is 0 Å². The zero-order chi connectivity index (χ0) is 24.2. The Hall–Kier alpha value is -3.55. The van der Waals surface area contributed by atoms with Crippen LogP contribution in [0, 0.1) is 0 Å². The highest BCUT2D eigenvalue weighted by Gasteiger charge is 2.22. The first-order valence-corrected chi connectivity index (χ1v) is 12.6. The number of fused-ring (bicyclic) bond motifs is 2. The lowest BCUT2D eigenvalue weighted by atomic mass is 9.88. The van der Waals surface area contributed by atoms with E-state index in [2.05, 4.69) is 128 Å². The van der Waals surface area contributed by atoms with Crippen LogP contribution in [0.1, 0.15) is 30.4 Å².